The van der Waals surface area contributed by atoms with Crippen LogP contribution in [0.15, 0.2) is 18.2 Å². The largest absolute Gasteiger partial charge is 0.352 e. The van der Waals surface area contributed by atoms with E-state index in [9.17, 15) is 9.59 Å². The average molecular weight is 371 g/mol. The molecule has 0 aliphatic carbocycles. The van der Waals surface area contributed by atoms with Crippen molar-refractivity contribution in [1.29, 1.82) is 0 Å². The van der Waals surface area contributed by atoms with Gasteiger partial charge in [0.25, 0.3) is 0 Å². The molecule has 1 heterocycles. The molecule has 0 bridgehead atoms. The van der Waals surface area contributed by atoms with Gasteiger partial charge in [-0.1, -0.05) is 50.0 Å². The van der Waals surface area contributed by atoms with Crippen molar-refractivity contribution < 1.29 is 9.59 Å². The number of amides is 2. The summed E-state index contributed by atoms with van der Waals surface area (Å²) in [4.78, 5) is 26.5. The fraction of sp³-hybridized carbons (Fsp3) is 0.556. The van der Waals surface area contributed by atoms with Crippen molar-refractivity contribution in [3.05, 3.63) is 33.8 Å². The van der Waals surface area contributed by atoms with Gasteiger partial charge in [-0.05, 0) is 30.5 Å². The molecule has 0 aromatic heterocycles. The molecule has 2 rings (SSSR count). The number of carbonyl (C=O) groups is 2. The molecular weight excluding hydrogens is 347 g/mol. The number of benzene rings is 1. The molecular formula is C18H24Cl2N2O2. The van der Waals surface area contributed by atoms with Crippen molar-refractivity contribution in [3.63, 3.8) is 0 Å². The molecule has 4 nitrogen and oxygen atoms in total. The van der Waals surface area contributed by atoms with Crippen molar-refractivity contribution in [1.82, 2.24) is 10.2 Å². The number of nitrogens with one attached hydrogen (secondary N) is 1. The van der Waals surface area contributed by atoms with Crippen LogP contribution in [-0.2, 0) is 16.1 Å². The second kappa shape index (κ2) is 7.75. The molecule has 0 spiro atoms. The van der Waals surface area contributed by atoms with Crippen LogP contribution in [0, 0.1) is 11.3 Å². The molecule has 0 unspecified atom stereocenters. The molecule has 132 valence electrons. The van der Waals surface area contributed by atoms with Gasteiger partial charge in [0.1, 0.15) is 0 Å². The predicted octanol–water partition coefficient (Wildman–Crippen LogP) is 3.89. The lowest BCUT2D eigenvalue weighted by Gasteiger charge is -2.35. The maximum absolute atomic E-state index is 12.3. The first-order chi connectivity index (χ1) is 11.2. The first kappa shape index (κ1) is 19.1. The van der Waals surface area contributed by atoms with Crippen LogP contribution in [0.25, 0.3) is 0 Å². The fourth-order valence-corrected chi connectivity index (χ4v) is 3.29. The van der Waals surface area contributed by atoms with Crippen molar-refractivity contribution in [2.75, 3.05) is 13.1 Å². The van der Waals surface area contributed by atoms with Crippen LogP contribution in [0.5, 0.6) is 0 Å². The van der Waals surface area contributed by atoms with E-state index in [-0.39, 0.29) is 23.1 Å². The van der Waals surface area contributed by atoms with Crippen LogP contribution >= 0.6 is 23.2 Å². The van der Waals surface area contributed by atoms with E-state index in [1.54, 1.807) is 12.1 Å². The highest BCUT2D eigenvalue weighted by molar-refractivity contribution is 6.35. The van der Waals surface area contributed by atoms with E-state index < -0.39 is 0 Å². The standard InChI is InChI=1S/C18H24Cl2N2O2/c1-18(2,3)17(24)22-8-6-12(7-9-22)16(23)21-11-13-4-5-14(19)10-15(13)20/h4-5,10,12H,6-9,11H2,1-3H3,(H,21,23). The molecule has 1 aliphatic rings. The summed E-state index contributed by atoms with van der Waals surface area (Å²) in [5.41, 5.74) is 0.468. The number of hydrogen-bond donors (Lipinski definition) is 1. The molecule has 1 aromatic rings. The molecule has 6 heteroatoms. The minimum atomic E-state index is -0.375. The maximum Gasteiger partial charge on any atom is 0.227 e. The topological polar surface area (TPSA) is 49.4 Å². The number of piperidine rings is 1. The zero-order chi connectivity index (χ0) is 17.9. The van der Waals surface area contributed by atoms with E-state index in [1.807, 2.05) is 31.7 Å². The van der Waals surface area contributed by atoms with E-state index in [2.05, 4.69) is 5.32 Å². The summed E-state index contributed by atoms with van der Waals surface area (Å²) in [5, 5.41) is 4.06. The third-order valence-electron chi connectivity index (χ3n) is 4.26. The smallest absolute Gasteiger partial charge is 0.227 e. The Morgan fingerprint density at radius 3 is 2.38 bits per heavy atom. The van der Waals surface area contributed by atoms with E-state index in [0.29, 0.717) is 42.5 Å². The molecule has 1 saturated heterocycles. The van der Waals surface area contributed by atoms with Gasteiger partial charge >= 0.3 is 0 Å². The lowest BCUT2D eigenvalue weighted by molar-refractivity contribution is -0.142. The molecule has 0 atom stereocenters. The highest BCUT2D eigenvalue weighted by Gasteiger charge is 2.32. The molecule has 2 amide bonds. The summed E-state index contributed by atoms with van der Waals surface area (Å²) in [6, 6.07) is 5.24. The van der Waals surface area contributed by atoms with Crippen molar-refractivity contribution in [2.45, 2.75) is 40.2 Å². The number of carbonyl (C=O) groups excluding carboxylic acids is 2. The van der Waals surface area contributed by atoms with Gasteiger partial charge in [0.05, 0.1) is 0 Å². The second-order valence-electron chi connectivity index (χ2n) is 7.27. The third kappa shape index (κ3) is 4.87. The SMILES string of the molecule is CC(C)(C)C(=O)N1CCC(C(=O)NCc2ccc(Cl)cc2Cl)CC1. The Morgan fingerprint density at radius 1 is 1.21 bits per heavy atom. The molecule has 1 aliphatic heterocycles. The zero-order valence-corrected chi connectivity index (χ0v) is 15.9. The summed E-state index contributed by atoms with van der Waals surface area (Å²) >= 11 is 12.0. The maximum atomic E-state index is 12.3. The van der Waals surface area contributed by atoms with Gasteiger partial charge < -0.3 is 10.2 Å². The van der Waals surface area contributed by atoms with Crippen LogP contribution in [0.2, 0.25) is 10.0 Å². The predicted molar refractivity (Wildman–Crippen MR) is 97.1 cm³/mol. The Labute approximate surface area is 153 Å². The van der Waals surface area contributed by atoms with Crippen molar-refractivity contribution in [3.8, 4) is 0 Å². The summed E-state index contributed by atoms with van der Waals surface area (Å²) in [6.45, 7) is 7.42. The van der Waals surface area contributed by atoms with Gasteiger partial charge in [0.15, 0.2) is 0 Å². The Bertz CT molecular complexity index is 618. The van der Waals surface area contributed by atoms with Gasteiger partial charge in [0, 0.05) is 41.0 Å². The molecule has 0 saturated carbocycles. The van der Waals surface area contributed by atoms with Gasteiger partial charge in [-0.15, -0.1) is 0 Å². The summed E-state index contributed by atoms with van der Waals surface area (Å²) in [5.74, 6) is 0.110. The van der Waals surface area contributed by atoms with Crippen LogP contribution in [-0.4, -0.2) is 29.8 Å². The monoisotopic (exact) mass is 370 g/mol. The highest BCUT2D eigenvalue weighted by Crippen LogP contribution is 2.24. The molecule has 1 fully saturated rings. The van der Waals surface area contributed by atoms with Crippen LogP contribution in [0.1, 0.15) is 39.2 Å². The molecule has 1 N–H and O–H groups in total. The lowest BCUT2D eigenvalue weighted by atomic mass is 9.90. The minimum Gasteiger partial charge on any atom is -0.352 e. The Kier molecular flexibility index (Phi) is 6.16. The van der Waals surface area contributed by atoms with Crippen molar-refractivity contribution in [2.24, 2.45) is 11.3 Å². The van der Waals surface area contributed by atoms with E-state index in [0.717, 1.165) is 5.56 Å². The zero-order valence-electron chi connectivity index (χ0n) is 14.4. The van der Waals surface area contributed by atoms with Gasteiger partial charge in [-0.2, -0.15) is 0 Å². The van der Waals surface area contributed by atoms with E-state index in [4.69, 9.17) is 23.2 Å². The Morgan fingerprint density at radius 2 is 1.83 bits per heavy atom. The second-order valence-corrected chi connectivity index (χ2v) is 8.11. The number of halogens is 2. The quantitative estimate of drug-likeness (QED) is 0.876. The van der Waals surface area contributed by atoms with Crippen LogP contribution in [0.3, 0.4) is 0 Å². The minimum absolute atomic E-state index is 0.0175. The van der Waals surface area contributed by atoms with Crippen LogP contribution in [0.4, 0.5) is 0 Å². The Hall–Kier alpha value is -1.26. The number of likely N-dealkylation sites (tertiary alicyclic amines) is 1. The average Bonchev–Trinajstić information content (AvgIpc) is 2.52. The normalized spacial score (nSPS) is 16.1. The molecule has 1 aromatic carbocycles. The first-order valence-electron chi connectivity index (χ1n) is 8.19. The fourth-order valence-electron chi connectivity index (χ4n) is 2.81. The summed E-state index contributed by atoms with van der Waals surface area (Å²) < 4.78 is 0. The van der Waals surface area contributed by atoms with Gasteiger partial charge in [-0.25, -0.2) is 0 Å². The number of nitrogens with zero attached hydrogens (tertiary/aromatic N) is 1. The summed E-state index contributed by atoms with van der Waals surface area (Å²) in [7, 11) is 0. The van der Waals surface area contributed by atoms with Crippen molar-refractivity contribution >= 4 is 35.0 Å². The number of rotatable bonds is 3. The highest BCUT2D eigenvalue weighted by atomic mass is 35.5. The van der Waals surface area contributed by atoms with E-state index >= 15 is 0 Å². The number of hydrogen-bond acceptors (Lipinski definition) is 2. The third-order valence-corrected chi connectivity index (χ3v) is 4.85. The Balaban J connectivity index is 1.84. The summed E-state index contributed by atoms with van der Waals surface area (Å²) in [6.07, 6.45) is 1.39. The van der Waals surface area contributed by atoms with Crippen LogP contribution < -0.4 is 5.32 Å². The van der Waals surface area contributed by atoms with Gasteiger partial charge in [-0.3, -0.25) is 9.59 Å². The molecule has 0 radical (unpaired) electrons. The van der Waals surface area contributed by atoms with Gasteiger partial charge in [0.2, 0.25) is 11.8 Å². The first-order valence-corrected chi connectivity index (χ1v) is 8.95. The van der Waals surface area contributed by atoms with E-state index in [1.165, 1.54) is 0 Å². The molecule has 24 heavy (non-hydrogen) atoms. The lowest BCUT2D eigenvalue weighted by Crippen LogP contribution is -2.46.